The van der Waals surface area contributed by atoms with E-state index in [9.17, 15) is 9.59 Å². The maximum absolute atomic E-state index is 13.1. The third-order valence-electron chi connectivity index (χ3n) is 8.97. The maximum atomic E-state index is 13.1. The molecular formula is C24H39N3O3. The number of piperazine rings is 1. The minimum Gasteiger partial charge on any atom is -0.379 e. The van der Waals surface area contributed by atoms with Gasteiger partial charge in [0.15, 0.2) is 0 Å². The summed E-state index contributed by atoms with van der Waals surface area (Å²) in [5.41, 5.74) is -0.335. The normalized spacial score (nSPS) is 38.6. The third-order valence-corrected chi connectivity index (χ3v) is 8.97. The third kappa shape index (κ3) is 3.90. The van der Waals surface area contributed by atoms with Crippen molar-refractivity contribution in [3.05, 3.63) is 0 Å². The SMILES string of the molecule is CC1(C(=O)N2CCN(C(=O)C3CCC(C4CCC5NCCC5C4)CC3)CC2)COC1. The molecule has 0 aromatic heterocycles. The smallest absolute Gasteiger partial charge is 0.233 e. The van der Waals surface area contributed by atoms with Gasteiger partial charge in [0.2, 0.25) is 11.8 Å². The molecule has 168 valence electrons. The van der Waals surface area contributed by atoms with Crippen LogP contribution in [0, 0.1) is 29.1 Å². The molecule has 5 rings (SSSR count). The molecule has 1 N–H and O–H groups in total. The van der Waals surface area contributed by atoms with Gasteiger partial charge in [0, 0.05) is 38.1 Å². The van der Waals surface area contributed by atoms with Crippen LogP contribution in [0.4, 0.5) is 0 Å². The average molecular weight is 418 g/mol. The number of nitrogens with zero attached hydrogens (tertiary/aromatic N) is 2. The van der Waals surface area contributed by atoms with Gasteiger partial charge in [-0.1, -0.05) is 0 Å². The first-order chi connectivity index (χ1) is 14.5. The minimum absolute atomic E-state index is 0.202. The quantitative estimate of drug-likeness (QED) is 0.765. The number of carbonyl (C=O) groups excluding carboxylic acids is 2. The van der Waals surface area contributed by atoms with E-state index in [2.05, 4.69) is 5.32 Å². The summed E-state index contributed by atoms with van der Waals surface area (Å²) < 4.78 is 5.25. The topological polar surface area (TPSA) is 61.9 Å². The average Bonchev–Trinajstić information content (AvgIpc) is 3.24. The van der Waals surface area contributed by atoms with Crippen LogP contribution >= 0.6 is 0 Å². The summed E-state index contributed by atoms with van der Waals surface area (Å²) in [6.07, 6.45) is 10.2. The summed E-state index contributed by atoms with van der Waals surface area (Å²) in [5.74, 6) is 3.42. The van der Waals surface area contributed by atoms with Crippen LogP contribution in [0.25, 0.3) is 0 Å². The van der Waals surface area contributed by atoms with Crippen LogP contribution in [0.15, 0.2) is 0 Å². The van der Waals surface area contributed by atoms with E-state index < -0.39 is 0 Å². The van der Waals surface area contributed by atoms with Crippen molar-refractivity contribution in [1.29, 1.82) is 0 Å². The van der Waals surface area contributed by atoms with Gasteiger partial charge >= 0.3 is 0 Å². The number of hydrogen-bond donors (Lipinski definition) is 1. The molecule has 5 fully saturated rings. The van der Waals surface area contributed by atoms with Gasteiger partial charge < -0.3 is 19.9 Å². The molecule has 6 heteroatoms. The predicted molar refractivity (Wildman–Crippen MR) is 115 cm³/mol. The molecule has 0 aromatic carbocycles. The van der Waals surface area contributed by atoms with Gasteiger partial charge in [-0.25, -0.2) is 0 Å². The lowest BCUT2D eigenvalue weighted by Crippen LogP contribution is -2.59. The molecule has 2 amide bonds. The fourth-order valence-corrected chi connectivity index (χ4v) is 6.91. The first kappa shape index (κ1) is 20.7. The summed E-state index contributed by atoms with van der Waals surface area (Å²) in [6, 6.07) is 0.795. The lowest BCUT2D eigenvalue weighted by atomic mass is 9.67. The standard InChI is InChI=1S/C24H39N3O3/c1-24(15-30-16-24)23(29)27-12-10-26(11-13-27)22(28)18-4-2-17(3-5-18)19-6-7-21-20(14-19)8-9-25-21/h17-21,25H,2-16H2,1H3. The highest BCUT2D eigenvalue weighted by atomic mass is 16.5. The second kappa shape index (κ2) is 8.42. The Bertz CT molecular complexity index is 648. The van der Waals surface area contributed by atoms with Crippen LogP contribution in [-0.2, 0) is 14.3 Å². The van der Waals surface area contributed by atoms with Gasteiger partial charge in [-0.05, 0) is 82.6 Å². The highest BCUT2D eigenvalue weighted by Crippen LogP contribution is 2.44. The first-order valence-electron chi connectivity index (χ1n) is 12.4. The molecule has 0 radical (unpaired) electrons. The Balaban J connectivity index is 1.07. The number of hydrogen-bond acceptors (Lipinski definition) is 4. The van der Waals surface area contributed by atoms with E-state index in [1.165, 1.54) is 45.1 Å². The van der Waals surface area contributed by atoms with Crippen molar-refractivity contribution in [3.63, 3.8) is 0 Å². The van der Waals surface area contributed by atoms with Crippen molar-refractivity contribution in [3.8, 4) is 0 Å². The summed E-state index contributed by atoms with van der Waals surface area (Å²) >= 11 is 0. The number of amides is 2. The molecule has 0 spiro atoms. The first-order valence-corrected chi connectivity index (χ1v) is 12.4. The van der Waals surface area contributed by atoms with Gasteiger partial charge in [-0.15, -0.1) is 0 Å². The van der Waals surface area contributed by atoms with E-state index in [-0.39, 0.29) is 17.2 Å². The van der Waals surface area contributed by atoms with Crippen molar-refractivity contribution in [1.82, 2.24) is 15.1 Å². The van der Waals surface area contributed by atoms with E-state index in [4.69, 9.17) is 4.74 Å². The lowest BCUT2D eigenvalue weighted by molar-refractivity contribution is -0.171. The van der Waals surface area contributed by atoms with Crippen molar-refractivity contribution in [2.75, 3.05) is 45.9 Å². The zero-order valence-electron chi connectivity index (χ0n) is 18.6. The van der Waals surface area contributed by atoms with Crippen LogP contribution < -0.4 is 5.32 Å². The molecule has 0 aromatic rings. The fourth-order valence-electron chi connectivity index (χ4n) is 6.91. The fraction of sp³-hybridized carbons (Fsp3) is 0.917. The lowest BCUT2D eigenvalue weighted by Gasteiger charge is -2.44. The molecule has 6 nitrogen and oxygen atoms in total. The monoisotopic (exact) mass is 417 g/mol. The summed E-state index contributed by atoms with van der Waals surface area (Å²) in [6.45, 7) is 7.02. The number of carbonyl (C=O) groups is 2. The predicted octanol–water partition coefficient (Wildman–Crippen LogP) is 2.28. The van der Waals surface area contributed by atoms with Crippen LogP contribution in [0.2, 0.25) is 0 Å². The van der Waals surface area contributed by atoms with E-state index in [0.717, 1.165) is 36.6 Å². The van der Waals surface area contributed by atoms with E-state index in [1.807, 2.05) is 16.7 Å². The van der Waals surface area contributed by atoms with Gasteiger partial charge in [-0.2, -0.15) is 0 Å². The molecule has 0 bridgehead atoms. The Morgan fingerprint density at radius 3 is 2.17 bits per heavy atom. The van der Waals surface area contributed by atoms with E-state index in [0.29, 0.717) is 45.3 Å². The number of rotatable bonds is 3. The zero-order valence-corrected chi connectivity index (χ0v) is 18.6. The van der Waals surface area contributed by atoms with Crippen molar-refractivity contribution >= 4 is 11.8 Å². The van der Waals surface area contributed by atoms with Crippen molar-refractivity contribution in [2.45, 2.75) is 64.3 Å². The Morgan fingerprint density at radius 2 is 1.50 bits per heavy atom. The number of ether oxygens (including phenoxy) is 1. The van der Waals surface area contributed by atoms with Gasteiger partial charge in [0.1, 0.15) is 0 Å². The van der Waals surface area contributed by atoms with Gasteiger partial charge in [0.05, 0.1) is 18.6 Å². The van der Waals surface area contributed by atoms with Crippen LogP contribution in [0.3, 0.4) is 0 Å². The minimum atomic E-state index is -0.335. The summed E-state index contributed by atoms with van der Waals surface area (Å²) in [5, 5.41) is 3.68. The largest absolute Gasteiger partial charge is 0.379 e. The van der Waals surface area contributed by atoms with Crippen LogP contribution in [0.1, 0.15) is 58.3 Å². The number of nitrogens with one attached hydrogen (secondary N) is 1. The molecule has 3 atom stereocenters. The molecule has 3 unspecified atom stereocenters. The second-order valence-electron chi connectivity index (χ2n) is 11.0. The molecular weight excluding hydrogens is 378 g/mol. The van der Waals surface area contributed by atoms with Crippen molar-refractivity contribution < 1.29 is 14.3 Å². The van der Waals surface area contributed by atoms with Gasteiger partial charge in [0.25, 0.3) is 0 Å². The molecule has 30 heavy (non-hydrogen) atoms. The maximum Gasteiger partial charge on any atom is 0.233 e. The van der Waals surface area contributed by atoms with Crippen LogP contribution in [-0.4, -0.2) is 73.6 Å². The Kier molecular flexibility index (Phi) is 5.82. The van der Waals surface area contributed by atoms with Gasteiger partial charge in [-0.3, -0.25) is 9.59 Å². The molecule has 3 aliphatic heterocycles. The zero-order chi connectivity index (χ0) is 20.7. The van der Waals surface area contributed by atoms with E-state index >= 15 is 0 Å². The highest BCUT2D eigenvalue weighted by molar-refractivity contribution is 5.84. The molecule has 3 saturated heterocycles. The Hall–Kier alpha value is -1.14. The van der Waals surface area contributed by atoms with Crippen LogP contribution in [0.5, 0.6) is 0 Å². The molecule has 3 heterocycles. The van der Waals surface area contributed by atoms with E-state index in [1.54, 1.807) is 0 Å². The summed E-state index contributed by atoms with van der Waals surface area (Å²) in [4.78, 5) is 29.8. The van der Waals surface area contributed by atoms with Crippen molar-refractivity contribution in [2.24, 2.45) is 29.1 Å². The molecule has 2 saturated carbocycles. The Morgan fingerprint density at radius 1 is 0.833 bits per heavy atom. The second-order valence-corrected chi connectivity index (χ2v) is 11.0. The summed E-state index contributed by atoms with van der Waals surface area (Å²) in [7, 11) is 0. The number of fused-ring (bicyclic) bond motifs is 1. The molecule has 2 aliphatic carbocycles. The molecule has 5 aliphatic rings. The Labute approximate surface area is 181 Å². The highest BCUT2D eigenvalue weighted by Gasteiger charge is 2.45.